The van der Waals surface area contributed by atoms with Gasteiger partial charge in [-0.15, -0.1) is 0 Å². The second kappa shape index (κ2) is 13.6. The Morgan fingerprint density at radius 2 is 1.68 bits per heavy atom. The molecule has 0 saturated carbocycles. The number of rotatable bonds is 12. The Morgan fingerprint density at radius 3 is 2.25 bits per heavy atom. The van der Waals surface area contributed by atoms with Gasteiger partial charge in [0.25, 0.3) is 0 Å². The van der Waals surface area contributed by atoms with Gasteiger partial charge in [-0.2, -0.15) is 0 Å². The number of benzene rings is 2. The molecular formula is C27H29Cl4N3O5S. The molecule has 2 unspecified atom stereocenters. The third kappa shape index (κ3) is 6.78. The topological polar surface area (TPSA) is 121 Å². The van der Waals surface area contributed by atoms with Gasteiger partial charge in [-0.1, -0.05) is 77.6 Å². The van der Waals surface area contributed by atoms with Gasteiger partial charge in [0.2, 0.25) is 0 Å². The number of sulfone groups is 1. The highest BCUT2D eigenvalue weighted by Gasteiger charge is 2.51. The SMILES string of the molecule is CCOC(=O)C(N)(c1cc(C)cc(OCCNc2c(Cl)c(Cl)nc(Cl)c2Cl)c1)C(CC)S(=O)(=O)c1ccccc1. The fraction of sp³-hybridized carbons (Fsp3) is 0.333. The zero-order chi connectivity index (χ0) is 29.7. The van der Waals surface area contributed by atoms with Gasteiger partial charge in [0.15, 0.2) is 25.7 Å². The predicted molar refractivity (Wildman–Crippen MR) is 160 cm³/mol. The van der Waals surface area contributed by atoms with Crippen LogP contribution in [0.15, 0.2) is 53.4 Å². The molecule has 3 N–H and O–H groups in total. The van der Waals surface area contributed by atoms with E-state index in [1.54, 1.807) is 57.2 Å². The molecule has 0 aliphatic heterocycles. The molecule has 1 aromatic heterocycles. The molecule has 1 heterocycles. The summed E-state index contributed by atoms with van der Waals surface area (Å²) in [6.45, 7) is 5.47. The fourth-order valence-corrected chi connectivity index (χ4v) is 7.19. The molecule has 2 aromatic carbocycles. The number of carbonyl (C=O) groups excluding carboxylic acids is 1. The van der Waals surface area contributed by atoms with Crippen LogP contribution in [0.3, 0.4) is 0 Å². The summed E-state index contributed by atoms with van der Waals surface area (Å²) in [5.41, 5.74) is 6.01. The average Bonchev–Trinajstić information content (AvgIpc) is 2.92. The lowest BCUT2D eigenvalue weighted by molar-refractivity contribution is -0.150. The Morgan fingerprint density at radius 1 is 1.05 bits per heavy atom. The number of nitrogens with zero attached hydrogens (tertiary/aromatic N) is 1. The molecule has 3 rings (SSSR count). The van der Waals surface area contributed by atoms with Crippen LogP contribution in [0.4, 0.5) is 5.69 Å². The summed E-state index contributed by atoms with van der Waals surface area (Å²) in [5, 5.41) is 1.92. The Labute approximate surface area is 254 Å². The molecule has 0 aliphatic carbocycles. The Kier molecular flexibility index (Phi) is 11.0. The number of aromatic nitrogens is 1. The molecule has 0 bridgehead atoms. The summed E-state index contributed by atoms with van der Waals surface area (Å²) >= 11 is 24.3. The first-order valence-electron chi connectivity index (χ1n) is 12.3. The molecule has 8 nitrogen and oxygen atoms in total. The molecule has 40 heavy (non-hydrogen) atoms. The summed E-state index contributed by atoms with van der Waals surface area (Å²) in [6, 6.07) is 12.8. The number of nitrogens with one attached hydrogen (secondary N) is 1. The molecule has 0 spiro atoms. The Balaban J connectivity index is 1.94. The molecule has 0 fully saturated rings. The lowest BCUT2D eigenvalue weighted by Gasteiger charge is -2.35. The average molecular weight is 649 g/mol. The van der Waals surface area contributed by atoms with Gasteiger partial charge in [0, 0.05) is 6.54 Å². The fourth-order valence-electron chi connectivity index (χ4n) is 4.30. The maximum absolute atomic E-state index is 13.7. The molecule has 0 saturated heterocycles. The largest absolute Gasteiger partial charge is 0.492 e. The van der Waals surface area contributed by atoms with E-state index in [2.05, 4.69) is 10.3 Å². The molecule has 0 aliphatic rings. The van der Waals surface area contributed by atoms with Crippen LogP contribution in [0.1, 0.15) is 31.4 Å². The number of nitrogens with two attached hydrogens (primary N) is 1. The van der Waals surface area contributed by atoms with Crippen LogP contribution in [0.5, 0.6) is 5.75 Å². The second-order valence-corrected chi connectivity index (χ2v) is 12.5. The van der Waals surface area contributed by atoms with E-state index in [9.17, 15) is 13.2 Å². The molecule has 0 amide bonds. The van der Waals surface area contributed by atoms with Crippen LogP contribution in [0, 0.1) is 6.92 Å². The first-order valence-corrected chi connectivity index (χ1v) is 15.4. The van der Waals surface area contributed by atoms with E-state index in [0.717, 1.165) is 0 Å². The Hall–Kier alpha value is -2.27. The number of hydrogen-bond donors (Lipinski definition) is 2. The van der Waals surface area contributed by atoms with Gasteiger partial charge in [-0.3, -0.25) is 0 Å². The normalized spacial score (nSPS) is 13.8. The number of anilines is 1. The van der Waals surface area contributed by atoms with Crippen molar-refractivity contribution in [2.24, 2.45) is 5.73 Å². The molecular weight excluding hydrogens is 620 g/mol. The van der Waals surface area contributed by atoms with Gasteiger partial charge in [0.1, 0.15) is 22.4 Å². The van der Waals surface area contributed by atoms with Crippen molar-refractivity contribution in [3.8, 4) is 5.75 Å². The van der Waals surface area contributed by atoms with Gasteiger partial charge in [-0.05, 0) is 55.7 Å². The van der Waals surface area contributed by atoms with Gasteiger partial charge in [-0.25, -0.2) is 18.2 Å². The summed E-state index contributed by atoms with van der Waals surface area (Å²) in [6.07, 6.45) is 0.0547. The number of pyridine rings is 1. The Bertz CT molecular complexity index is 1450. The number of carbonyl (C=O) groups is 1. The van der Waals surface area contributed by atoms with Crippen molar-refractivity contribution in [1.29, 1.82) is 0 Å². The van der Waals surface area contributed by atoms with Crippen LogP contribution in [0.25, 0.3) is 0 Å². The van der Waals surface area contributed by atoms with Gasteiger partial charge < -0.3 is 20.5 Å². The molecule has 0 radical (unpaired) electrons. The van der Waals surface area contributed by atoms with Crippen molar-refractivity contribution in [1.82, 2.24) is 4.98 Å². The predicted octanol–water partition coefficient (Wildman–Crippen LogP) is 6.46. The van der Waals surface area contributed by atoms with Crippen molar-refractivity contribution in [2.75, 3.05) is 25.1 Å². The van der Waals surface area contributed by atoms with Crippen molar-refractivity contribution < 1.29 is 22.7 Å². The summed E-state index contributed by atoms with van der Waals surface area (Å²) in [4.78, 5) is 17.3. The highest BCUT2D eigenvalue weighted by Crippen LogP contribution is 2.39. The third-order valence-corrected chi connectivity index (χ3v) is 10.00. The summed E-state index contributed by atoms with van der Waals surface area (Å²) in [5.74, 6) is -0.485. The third-order valence-electron chi connectivity index (χ3n) is 6.14. The van der Waals surface area contributed by atoms with Crippen LogP contribution >= 0.6 is 46.4 Å². The number of aryl methyl sites for hydroxylation is 1. The van der Waals surface area contributed by atoms with Crippen LogP contribution < -0.4 is 15.8 Å². The first kappa shape index (κ1) is 32.2. The van der Waals surface area contributed by atoms with Gasteiger partial charge in [0.05, 0.1) is 22.4 Å². The van der Waals surface area contributed by atoms with Crippen LogP contribution in [-0.2, 0) is 24.9 Å². The van der Waals surface area contributed by atoms with E-state index < -0.39 is 26.6 Å². The first-order chi connectivity index (χ1) is 18.9. The van der Waals surface area contributed by atoms with Crippen molar-refractivity contribution >= 4 is 67.9 Å². The second-order valence-electron chi connectivity index (χ2n) is 8.85. The number of halogens is 4. The van der Waals surface area contributed by atoms with E-state index in [1.807, 2.05) is 0 Å². The molecule has 216 valence electrons. The van der Waals surface area contributed by atoms with E-state index in [-0.39, 0.29) is 57.0 Å². The maximum atomic E-state index is 13.7. The minimum Gasteiger partial charge on any atom is -0.492 e. The van der Waals surface area contributed by atoms with E-state index >= 15 is 0 Å². The zero-order valence-electron chi connectivity index (χ0n) is 22.0. The summed E-state index contributed by atoms with van der Waals surface area (Å²) in [7, 11) is -4.04. The minimum absolute atomic E-state index is 0.00278. The smallest absolute Gasteiger partial charge is 0.332 e. The lowest BCUT2D eigenvalue weighted by Crippen LogP contribution is -2.57. The highest BCUT2D eigenvalue weighted by atomic mass is 35.5. The van der Waals surface area contributed by atoms with E-state index in [0.29, 0.717) is 17.0 Å². The number of esters is 1. The summed E-state index contributed by atoms with van der Waals surface area (Å²) < 4.78 is 38.7. The van der Waals surface area contributed by atoms with Crippen LogP contribution in [0.2, 0.25) is 20.4 Å². The minimum atomic E-state index is -4.04. The van der Waals surface area contributed by atoms with Gasteiger partial charge >= 0.3 is 5.97 Å². The van der Waals surface area contributed by atoms with Crippen molar-refractivity contribution in [2.45, 2.75) is 42.9 Å². The quantitative estimate of drug-likeness (QED) is 0.130. The van der Waals surface area contributed by atoms with Crippen molar-refractivity contribution in [3.05, 3.63) is 80.0 Å². The molecule has 13 heteroatoms. The van der Waals surface area contributed by atoms with E-state index in [1.165, 1.54) is 12.1 Å². The van der Waals surface area contributed by atoms with Crippen LogP contribution in [-0.4, -0.2) is 44.4 Å². The lowest BCUT2D eigenvalue weighted by atomic mass is 9.85. The molecule has 3 aromatic rings. The molecule has 2 atom stereocenters. The number of ether oxygens (including phenoxy) is 2. The maximum Gasteiger partial charge on any atom is 0.332 e. The number of hydrogen-bond acceptors (Lipinski definition) is 8. The standard InChI is InChI=1S/C27H29Cl4N3O5S/c1-4-20(40(36,37)19-9-7-6-8-10-19)27(32,26(35)38-5-2)17-13-16(3)14-18(15-17)39-12-11-33-23-21(28)24(30)34-25(31)22(23)29/h6-10,13-15,20H,4-5,11-12,32H2,1-3H3,(H,33,34). The van der Waals surface area contributed by atoms with Crippen molar-refractivity contribution in [3.63, 3.8) is 0 Å². The zero-order valence-corrected chi connectivity index (χ0v) is 25.9. The highest BCUT2D eigenvalue weighted by molar-refractivity contribution is 7.92. The monoisotopic (exact) mass is 647 g/mol. The van der Waals surface area contributed by atoms with E-state index in [4.69, 9.17) is 61.6 Å².